The number of Topliss-reactive ketones (excluding diaryl/α,β-unsaturated/α-hetero) is 1. The summed E-state index contributed by atoms with van der Waals surface area (Å²) < 4.78 is 0.909. The van der Waals surface area contributed by atoms with Gasteiger partial charge >= 0.3 is 0 Å². The normalized spacial score (nSPS) is 11.2. The monoisotopic (exact) mass is 327 g/mol. The summed E-state index contributed by atoms with van der Waals surface area (Å²) in [5.74, 6) is -0.297. The van der Waals surface area contributed by atoms with Gasteiger partial charge in [-0.05, 0) is 26.0 Å². The number of halogens is 1. The van der Waals surface area contributed by atoms with E-state index >= 15 is 0 Å². The van der Waals surface area contributed by atoms with Gasteiger partial charge in [0.15, 0.2) is 5.78 Å². The first kappa shape index (κ1) is 15.9. The average molecular weight is 328 g/mol. The number of hydrogen-bond donors (Lipinski definition) is 2. The van der Waals surface area contributed by atoms with Crippen LogP contribution in [0.25, 0.3) is 0 Å². The van der Waals surface area contributed by atoms with E-state index in [-0.39, 0.29) is 31.1 Å². The van der Waals surface area contributed by atoms with Crippen LogP contribution in [0.5, 0.6) is 0 Å². The summed E-state index contributed by atoms with van der Waals surface area (Å²) >= 11 is 3.30. The van der Waals surface area contributed by atoms with Crippen LogP contribution < -0.4 is 5.32 Å². The zero-order valence-electron chi connectivity index (χ0n) is 11.1. The van der Waals surface area contributed by atoms with Crippen LogP contribution in [0.4, 0.5) is 0 Å². The molecule has 0 atom stereocenters. The minimum atomic E-state index is -0.655. The third-order valence-corrected chi connectivity index (χ3v) is 3.15. The summed E-state index contributed by atoms with van der Waals surface area (Å²) in [5.41, 5.74) is -0.0602. The molecule has 0 heterocycles. The molecule has 0 saturated heterocycles. The fourth-order valence-electron chi connectivity index (χ4n) is 1.49. The summed E-state index contributed by atoms with van der Waals surface area (Å²) in [6, 6.07) is 7.04. The van der Waals surface area contributed by atoms with Crippen LogP contribution in [-0.2, 0) is 4.79 Å². The Morgan fingerprint density at radius 2 is 1.79 bits per heavy atom. The molecule has 1 rings (SSSR count). The van der Waals surface area contributed by atoms with Crippen molar-refractivity contribution in [1.82, 2.24) is 5.32 Å². The summed E-state index contributed by atoms with van der Waals surface area (Å²) in [7, 11) is 0. The molecule has 4 nitrogen and oxygen atoms in total. The van der Waals surface area contributed by atoms with E-state index in [2.05, 4.69) is 21.2 Å². The van der Waals surface area contributed by atoms with Crippen LogP contribution >= 0.6 is 15.9 Å². The van der Waals surface area contributed by atoms with Crippen molar-refractivity contribution in [2.45, 2.75) is 32.2 Å². The van der Waals surface area contributed by atoms with Crippen LogP contribution in [0, 0.1) is 0 Å². The van der Waals surface area contributed by atoms with Crippen LogP contribution in [0.1, 0.15) is 37.0 Å². The van der Waals surface area contributed by atoms with Crippen LogP contribution in [0.3, 0.4) is 0 Å². The third-order valence-electron chi connectivity index (χ3n) is 2.62. The fourth-order valence-corrected chi connectivity index (χ4v) is 1.75. The lowest BCUT2D eigenvalue weighted by Crippen LogP contribution is -2.46. The van der Waals surface area contributed by atoms with E-state index in [1.807, 2.05) is 0 Å². The van der Waals surface area contributed by atoms with Gasteiger partial charge in [-0.15, -0.1) is 0 Å². The van der Waals surface area contributed by atoms with Crippen molar-refractivity contribution in [2.24, 2.45) is 0 Å². The van der Waals surface area contributed by atoms with Crippen molar-refractivity contribution in [3.05, 3.63) is 34.3 Å². The Morgan fingerprint density at radius 1 is 1.21 bits per heavy atom. The van der Waals surface area contributed by atoms with Gasteiger partial charge < -0.3 is 10.4 Å². The van der Waals surface area contributed by atoms with Crippen LogP contribution in [-0.4, -0.2) is 28.9 Å². The van der Waals surface area contributed by atoms with Gasteiger partial charge in [-0.2, -0.15) is 0 Å². The number of aliphatic hydroxyl groups excluding tert-OH is 1. The van der Waals surface area contributed by atoms with E-state index in [4.69, 9.17) is 5.11 Å². The lowest BCUT2D eigenvalue weighted by Gasteiger charge is -2.23. The lowest BCUT2D eigenvalue weighted by atomic mass is 10.0. The van der Waals surface area contributed by atoms with Gasteiger partial charge in [0.05, 0.1) is 12.1 Å². The van der Waals surface area contributed by atoms with Gasteiger partial charge in [0, 0.05) is 22.9 Å². The van der Waals surface area contributed by atoms with Crippen molar-refractivity contribution >= 4 is 27.6 Å². The molecule has 0 saturated carbocycles. The molecule has 1 aromatic rings. The first-order chi connectivity index (χ1) is 8.84. The number of nitrogens with one attached hydrogen (secondary N) is 1. The molecule has 0 fully saturated rings. The van der Waals surface area contributed by atoms with Crippen molar-refractivity contribution < 1.29 is 14.7 Å². The predicted octanol–water partition coefficient (Wildman–Crippen LogP) is 2.30. The first-order valence-corrected chi connectivity index (χ1v) is 6.84. The molecule has 0 aliphatic heterocycles. The van der Waals surface area contributed by atoms with Gasteiger partial charge in [0.1, 0.15) is 0 Å². The molecule has 0 aliphatic carbocycles. The van der Waals surface area contributed by atoms with Gasteiger partial charge in [0.25, 0.3) is 0 Å². The minimum Gasteiger partial charge on any atom is -0.394 e. The number of benzene rings is 1. The van der Waals surface area contributed by atoms with Crippen LogP contribution in [0.2, 0.25) is 0 Å². The van der Waals surface area contributed by atoms with E-state index in [0.717, 1.165) is 4.47 Å². The fraction of sp³-hybridized carbons (Fsp3) is 0.429. The summed E-state index contributed by atoms with van der Waals surface area (Å²) in [6.45, 7) is 3.31. The second-order valence-electron chi connectivity index (χ2n) is 5.02. The molecule has 19 heavy (non-hydrogen) atoms. The van der Waals surface area contributed by atoms with Crippen molar-refractivity contribution in [3.63, 3.8) is 0 Å². The van der Waals surface area contributed by atoms with Crippen molar-refractivity contribution in [2.75, 3.05) is 6.61 Å². The maximum atomic E-state index is 11.9. The topological polar surface area (TPSA) is 66.4 Å². The smallest absolute Gasteiger partial charge is 0.220 e. The molecule has 0 spiro atoms. The minimum absolute atomic E-state index is 0.0653. The Bertz CT molecular complexity index is 454. The zero-order valence-corrected chi connectivity index (χ0v) is 12.7. The third kappa shape index (κ3) is 5.53. The van der Waals surface area contributed by atoms with Crippen molar-refractivity contribution in [3.8, 4) is 0 Å². The van der Waals surface area contributed by atoms with Gasteiger partial charge in [0.2, 0.25) is 5.91 Å². The zero-order chi connectivity index (χ0) is 14.5. The first-order valence-electron chi connectivity index (χ1n) is 6.05. The second kappa shape index (κ2) is 6.82. The van der Waals surface area contributed by atoms with E-state index in [9.17, 15) is 9.59 Å². The number of aliphatic hydroxyl groups is 1. The molecular weight excluding hydrogens is 310 g/mol. The Morgan fingerprint density at radius 3 is 2.32 bits per heavy atom. The lowest BCUT2D eigenvalue weighted by molar-refractivity contribution is -0.123. The van der Waals surface area contributed by atoms with Gasteiger partial charge in [-0.25, -0.2) is 0 Å². The largest absolute Gasteiger partial charge is 0.394 e. The van der Waals surface area contributed by atoms with Crippen LogP contribution in [0.15, 0.2) is 28.7 Å². The van der Waals surface area contributed by atoms with E-state index in [0.29, 0.717) is 5.56 Å². The molecule has 0 aromatic heterocycles. The van der Waals surface area contributed by atoms with E-state index in [1.165, 1.54) is 0 Å². The highest BCUT2D eigenvalue weighted by molar-refractivity contribution is 9.10. The highest BCUT2D eigenvalue weighted by Gasteiger charge is 2.19. The maximum Gasteiger partial charge on any atom is 0.220 e. The SMILES string of the molecule is CC(C)(CO)NC(=O)CCC(=O)c1ccc(Br)cc1. The molecule has 2 N–H and O–H groups in total. The standard InChI is InChI=1S/C14H18BrNO3/c1-14(2,9-17)16-13(19)8-7-12(18)10-3-5-11(15)6-4-10/h3-6,17H,7-9H2,1-2H3,(H,16,19). The van der Waals surface area contributed by atoms with Gasteiger partial charge in [-0.3, -0.25) is 9.59 Å². The Balaban J connectivity index is 2.46. The maximum absolute atomic E-state index is 11.9. The molecule has 104 valence electrons. The molecule has 0 bridgehead atoms. The highest BCUT2D eigenvalue weighted by atomic mass is 79.9. The number of carbonyl (C=O) groups excluding carboxylic acids is 2. The summed E-state index contributed by atoms with van der Waals surface area (Å²) in [5, 5.41) is 11.7. The molecule has 1 amide bonds. The summed E-state index contributed by atoms with van der Waals surface area (Å²) in [4.78, 5) is 23.5. The number of amides is 1. The molecule has 0 unspecified atom stereocenters. The summed E-state index contributed by atoms with van der Waals surface area (Å²) in [6.07, 6.45) is 0.285. The molecule has 0 radical (unpaired) electrons. The average Bonchev–Trinajstić information content (AvgIpc) is 2.36. The number of ketones is 1. The number of rotatable bonds is 6. The van der Waals surface area contributed by atoms with E-state index in [1.54, 1.807) is 38.1 Å². The molecule has 1 aromatic carbocycles. The highest BCUT2D eigenvalue weighted by Crippen LogP contribution is 2.12. The molecular formula is C14H18BrNO3. The van der Waals surface area contributed by atoms with Crippen molar-refractivity contribution in [1.29, 1.82) is 0 Å². The Hall–Kier alpha value is -1.20. The molecule has 0 aliphatic rings. The van der Waals surface area contributed by atoms with E-state index < -0.39 is 5.54 Å². The second-order valence-corrected chi connectivity index (χ2v) is 5.94. The predicted molar refractivity (Wildman–Crippen MR) is 77.0 cm³/mol. The molecule has 5 heteroatoms. The Kier molecular flexibility index (Phi) is 5.69. The number of hydrogen-bond acceptors (Lipinski definition) is 3. The number of carbonyl (C=O) groups is 2. The quantitative estimate of drug-likeness (QED) is 0.788. The Labute approximate surface area is 121 Å². The van der Waals surface area contributed by atoms with Gasteiger partial charge in [-0.1, -0.05) is 28.1 Å².